The molecule has 0 bridgehead atoms. The second-order valence-corrected chi connectivity index (χ2v) is 6.46. The average Bonchev–Trinajstić information content (AvgIpc) is 3.24. The molecule has 4 rings (SSSR count). The number of rotatable bonds is 7. The summed E-state index contributed by atoms with van der Waals surface area (Å²) >= 11 is 0. The fourth-order valence-corrected chi connectivity index (χ4v) is 3.54. The lowest BCUT2D eigenvalue weighted by Crippen LogP contribution is -2.16. The Morgan fingerprint density at radius 1 is 1.08 bits per heavy atom. The van der Waals surface area contributed by atoms with Gasteiger partial charge in [0.15, 0.2) is 0 Å². The first-order chi connectivity index (χ1) is 12.8. The van der Waals surface area contributed by atoms with E-state index in [1.807, 2.05) is 6.07 Å². The highest BCUT2D eigenvalue weighted by Gasteiger charge is 2.10. The highest BCUT2D eigenvalue weighted by atomic mass is 16.5. The molecule has 0 fully saturated rings. The Morgan fingerprint density at radius 3 is 2.81 bits per heavy atom. The number of H-pyrrole nitrogens is 1. The standard InChI is InChI=1S/C21H24N4O/c1-26-17-6-7-21-19(12-17)16(8-10-22)14-25(21)24-11-9-15-13-23-20-5-3-2-4-18(15)20/h2-7,12-14,23-24H,8-11,22H2,1H3. The van der Waals surface area contributed by atoms with Gasteiger partial charge in [-0.15, -0.1) is 0 Å². The maximum absolute atomic E-state index is 5.78. The van der Waals surface area contributed by atoms with E-state index in [-0.39, 0.29) is 0 Å². The summed E-state index contributed by atoms with van der Waals surface area (Å²) in [5, 5.41) is 2.48. The van der Waals surface area contributed by atoms with E-state index in [9.17, 15) is 0 Å². The van der Waals surface area contributed by atoms with Crippen molar-refractivity contribution in [3.8, 4) is 5.75 Å². The molecule has 26 heavy (non-hydrogen) atoms. The first-order valence-electron chi connectivity index (χ1n) is 8.97. The van der Waals surface area contributed by atoms with Crippen LogP contribution in [0.3, 0.4) is 0 Å². The predicted octanol–water partition coefficient (Wildman–Crippen LogP) is 3.42. The number of nitrogens with zero attached hydrogens (tertiary/aromatic N) is 1. The minimum absolute atomic E-state index is 0.631. The van der Waals surface area contributed by atoms with Gasteiger partial charge in [-0.1, -0.05) is 18.2 Å². The number of benzene rings is 2. The second kappa shape index (κ2) is 7.14. The van der Waals surface area contributed by atoms with Crippen molar-refractivity contribution in [1.82, 2.24) is 9.66 Å². The molecule has 0 atom stereocenters. The highest BCUT2D eigenvalue weighted by molar-refractivity contribution is 5.86. The molecule has 0 aliphatic carbocycles. The molecule has 5 heteroatoms. The van der Waals surface area contributed by atoms with Crippen LogP contribution in [0.2, 0.25) is 0 Å². The van der Waals surface area contributed by atoms with E-state index in [1.165, 1.54) is 27.4 Å². The first-order valence-corrected chi connectivity index (χ1v) is 8.97. The van der Waals surface area contributed by atoms with Gasteiger partial charge in [-0.25, -0.2) is 0 Å². The maximum atomic E-state index is 5.78. The van der Waals surface area contributed by atoms with E-state index in [4.69, 9.17) is 10.5 Å². The van der Waals surface area contributed by atoms with Crippen LogP contribution in [0, 0.1) is 0 Å². The molecule has 0 radical (unpaired) electrons. The molecule has 2 aromatic heterocycles. The second-order valence-electron chi connectivity index (χ2n) is 6.46. The Balaban J connectivity index is 1.55. The summed E-state index contributed by atoms with van der Waals surface area (Å²) < 4.78 is 7.48. The molecule has 0 saturated heterocycles. The molecule has 0 spiro atoms. The third kappa shape index (κ3) is 3.02. The van der Waals surface area contributed by atoms with E-state index in [0.717, 1.165) is 30.7 Å². The molecular formula is C21H24N4O. The van der Waals surface area contributed by atoms with Crippen LogP contribution in [0.15, 0.2) is 54.9 Å². The molecule has 0 unspecified atom stereocenters. The van der Waals surface area contributed by atoms with Crippen molar-refractivity contribution in [2.24, 2.45) is 5.73 Å². The fourth-order valence-electron chi connectivity index (χ4n) is 3.54. The van der Waals surface area contributed by atoms with Crippen molar-refractivity contribution < 1.29 is 4.74 Å². The number of hydrogen-bond donors (Lipinski definition) is 3. The average molecular weight is 348 g/mol. The molecular weight excluding hydrogens is 324 g/mol. The van der Waals surface area contributed by atoms with Crippen molar-refractivity contribution in [2.45, 2.75) is 12.8 Å². The quantitative estimate of drug-likeness (QED) is 0.479. The van der Waals surface area contributed by atoms with E-state index in [0.29, 0.717) is 6.54 Å². The lowest BCUT2D eigenvalue weighted by Gasteiger charge is -2.09. The molecule has 4 aromatic rings. The molecule has 134 valence electrons. The van der Waals surface area contributed by atoms with Gasteiger partial charge in [0.2, 0.25) is 0 Å². The van der Waals surface area contributed by atoms with Crippen LogP contribution in [-0.4, -0.2) is 29.9 Å². The van der Waals surface area contributed by atoms with Crippen LogP contribution in [0.4, 0.5) is 0 Å². The minimum atomic E-state index is 0.631. The third-order valence-electron chi connectivity index (χ3n) is 4.86. The fraction of sp³-hybridized carbons (Fsp3) is 0.238. The van der Waals surface area contributed by atoms with Crippen LogP contribution < -0.4 is 15.9 Å². The van der Waals surface area contributed by atoms with Crippen molar-refractivity contribution in [3.05, 3.63) is 66.0 Å². The summed E-state index contributed by atoms with van der Waals surface area (Å²) in [5.41, 5.74) is 14.2. The molecule has 4 N–H and O–H groups in total. The molecule has 2 aromatic carbocycles. The van der Waals surface area contributed by atoms with Crippen LogP contribution in [0.5, 0.6) is 5.75 Å². The molecule has 0 saturated carbocycles. The Hall–Kier alpha value is -2.92. The summed E-state index contributed by atoms with van der Waals surface area (Å²) in [5.74, 6) is 0.868. The van der Waals surface area contributed by atoms with Crippen LogP contribution in [0.25, 0.3) is 21.8 Å². The minimum Gasteiger partial charge on any atom is -0.497 e. The van der Waals surface area contributed by atoms with Gasteiger partial charge in [0.1, 0.15) is 5.75 Å². The zero-order valence-electron chi connectivity index (χ0n) is 15.0. The summed E-state index contributed by atoms with van der Waals surface area (Å²) in [6, 6.07) is 14.6. The van der Waals surface area contributed by atoms with E-state index < -0.39 is 0 Å². The lowest BCUT2D eigenvalue weighted by molar-refractivity contribution is 0.415. The summed E-state index contributed by atoms with van der Waals surface area (Å²) in [7, 11) is 1.69. The van der Waals surface area contributed by atoms with Gasteiger partial charge >= 0.3 is 0 Å². The molecule has 0 amide bonds. The monoisotopic (exact) mass is 348 g/mol. The number of nitrogens with one attached hydrogen (secondary N) is 2. The Kier molecular flexibility index (Phi) is 4.54. The van der Waals surface area contributed by atoms with Crippen LogP contribution >= 0.6 is 0 Å². The summed E-state index contributed by atoms with van der Waals surface area (Å²) in [4.78, 5) is 3.34. The highest BCUT2D eigenvalue weighted by Crippen LogP contribution is 2.26. The number of aromatic amines is 1. The van der Waals surface area contributed by atoms with Crippen molar-refractivity contribution in [2.75, 3.05) is 25.6 Å². The SMILES string of the molecule is COc1ccc2c(c1)c(CCN)cn2NCCc1c[nH]c2ccccc12. The van der Waals surface area contributed by atoms with Crippen LogP contribution in [-0.2, 0) is 12.8 Å². The molecule has 5 nitrogen and oxygen atoms in total. The van der Waals surface area contributed by atoms with E-state index in [1.54, 1.807) is 7.11 Å². The summed E-state index contributed by atoms with van der Waals surface area (Å²) in [6.07, 6.45) is 6.05. The molecule has 0 aliphatic heterocycles. The number of aromatic nitrogens is 2. The number of para-hydroxylation sites is 1. The smallest absolute Gasteiger partial charge is 0.119 e. The first kappa shape index (κ1) is 16.5. The van der Waals surface area contributed by atoms with Crippen molar-refractivity contribution >= 4 is 21.8 Å². The number of nitrogens with two attached hydrogens (primary N) is 1. The van der Waals surface area contributed by atoms with E-state index >= 15 is 0 Å². The topological polar surface area (TPSA) is 68.0 Å². The zero-order chi connectivity index (χ0) is 17.9. The Morgan fingerprint density at radius 2 is 1.96 bits per heavy atom. The number of fused-ring (bicyclic) bond motifs is 2. The van der Waals surface area contributed by atoms with Gasteiger partial charge in [-0.3, -0.25) is 4.68 Å². The van der Waals surface area contributed by atoms with Gasteiger partial charge in [-0.05, 0) is 54.8 Å². The van der Waals surface area contributed by atoms with Gasteiger partial charge in [-0.2, -0.15) is 0 Å². The third-order valence-corrected chi connectivity index (χ3v) is 4.86. The van der Waals surface area contributed by atoms with E-state index in [2.05, 4.69) is 63.9 Å². The predicted molar refractivity (Wildman–Crippen MR) is 107 cm³/mol. The molecule has 2 heterocycles. The Labute approximate surface area is 152 Å². The van der Waals surface area contributed by atoms with Crippen LogP contribution in [0.1, 0.15) is 11.1 Å². The number of methoxy groups -OCH3 is 1. The maximum Gasteiger partial charge on any atom is 0.119 e. The lowest BCUT2D eigenvalue weighted by atomic mass is 10.1. The van der Waals surface area contributed by atoms with Crippen molar-refractivity contribution in [3.63, 3.8) is 0 Å². The Bertz CT molecular complexity index is 1030. The van der Waals surface area contributed by atoms with Gasteiger partial charge in [0.05, 0.1) is 12.6 Å². The normalized spacial score (nSPS) is 11.3. The van der Waals surface area contributed by atoms with Gasteiger partial charge in [0.25, 0.3) is 0 Å². The number of hydrogen-bond acceptors (Lipinski definition) is 3. The molecule has 0 aliphatic rings. The van der Waals surface area contributed by atoms with Gasteiger partial charge < -0.3 is 20.9 Å². The largest absolute Gasteiger partial charge is 0.497 e. The van der Waals surface area contributed by atoms with Gasteiger partial charge in [0, 0.05) is 35.2 Å². The summed E-state index contributed by atoms with van der Waals surface area (Å²) in [6.45, 7) is 1.48. The zero-order valence-corrected chi connectivity index (χ0v) is 15.0. The van der Waals surface area contributed by atoms with Crippen molar-refractivity contribution in [1.29, 1.82) is 0 Å². The number of ether oxygens (including phenoxy) is 1.